The Balaban J connectivity index is 2.12. The molecule has 0 amide bonds. The summed E-state index contributed by atoms with van der Waals surface area (Å²) < 4.78 is 18.5. The van der Waals surface area contributed by atoms with Gasteiger partial charge in [0.1, 0.15) is 5.82 Å². The highest BCUT2D eigenvalue weighted by molar-refractivity contribution is 6.36. The third-order valence-corrected chi connectivity index (χ3v) is 3.49. The maximum absolute atomic E-state index is 13.4. The predicted molar refractivity (Wildman–Crippen MR) is 72.9 cm³/mol. The standard InChI is InChI=1S/C13H13Cl2FN2O/c1-7-5-9(19-18-7)6-17-8(2)12-10(14)3-4-11(16)13(12)15/h3-5,8,17H,6H2,1-2H3. The Hall–Kier alpha value is -1.10. The van der Waals surface area contributed by atoms with Crippen molar-refractivity contribution in [3.63, 3.8) is 0 Å². The molecule has 0 saturated heterocycles. The fourth-order valence-corrected chi connectivity index (χ4v) is 2.49. The number of hydrogen-bond donors (Lipinski definition) is 1. The van der Waals surface area contributed by atoms with Gasteiger partial charge in [-0.15, -0.1) is 0 Å². The summed E-state index contributed by atoms with van der Waals surface area (Å²) in [7, 11) is 0. The van der Waals surface area contributed by atoms with Crippen LogP contribution in [0.4, 0.5) is 4.39 Å². The molecule has 2 rings (SSSR count). The number of halogens is 3. The fraction of sp³-hybridized carbons (Fsp3) is 0.308. The summed E-state index contributed by atoms with van der Waals surface area (Å²) in [5.74, 6) is 0.221. The quantitative estimate of drug-likeness (QED) is 0.857. The van der Waals surface area contributed by atoms with Crippen molar-refractivity contribution in [3.05, 3.63) is 51.1 Å². The van der Waals surface area contributed by atoms with Gasteiger partial charge in [0.25, 0.3) is 0 Å². The molecule has 1 aromatic heterocycles. The Kier molecular flexibility index (Phi) is 4.45. The van der Waals surface area contributed by atoms with Crippen LogP contribution in [0.5, 0.6) is 0 Å². The van der Waals surface area contributed by atoms with E-state index in [2.05, 4.69) is 10.5 Å². The van der Waals surface area contributed by atoms with E-state index in [0.29, 0.717) is 22.9 Å². The Labute approximate surface area is 120 Å². The van der Waals surface area contributed by atoms with Crippen LogP contribution in [0.2, 0.25) is 10.0 Å². The fourth-order valence-electron chi connectivity index (χ4n) is 1.80. The van der Waals surface area contributed by atoms with Gasteiger partial charge in [0, 0.05) is 22.7 Å². The first-order valence-corrected chi connectivity index (χ1v) is 6.53. The van der Waals surface area contributed by atoms with E-state index in [9.17, 15) is 4.39 Å². The van der Waals surface area contributed by atoms with Crippen molar-refractivity contribution in [2.24, 2.45) is 0 Å². The molecular formula is C13H13Cl2FN2O. The van der Waals surface area contributed by atoms with Crippen molar-refractivity contribution in [2.45, 2.75) is 26.4 Å². The van der Waals surface area contributed by atoms with E-state index in [1.165, 1.54) is 12.1 Å². The van der Waals surface area contributed by atoms with Gasteiger partial charge in [-0.05, 0) is 26.0 Å². The van der Waals surface area contributed by atoms with Crippen LogP contribution in [-0.4, -0.2) is 5.16 Å². The van der Waals surface area contributed by atoms with Gasteiger partial charge in [0.2, 0.25) is 0 Å². The first-order valence-electron chi connectivity index (χ1n) is 5.78. The van der Waals surface area contributed by atoms with Gasteiger partial charge < -0.3 is 9.84 Å². The number of aryl methyl sites for hydroxylation is 1. The monoisotopic (exact) mass is 302 g/mol. The summed E-state index contributed by atoms with van der Waals surface area (Å²) >= 11 is 12.0. The van der Waals surface area contributed by atoms with Crippen LogP contribution >= 0.6 is 23.2 Å². The molecule has 2 aromatic rings. The van der Waals surface area contributed by atoms with Crippen LogP contribution in [0.15, 0.2) is 22.7 Å². The molecule has 19 heavy (non-hydrogen) atoms. The van der Waals surface area contributed by atoms with Crippen LogP contribution in [0, 0.1) is 12.7 Å². The molecule has 1 N–H and O–H groups in total. The molecule has 6 heteroatoms. The molecule has 1 unspecified atom stereocenters. The number of benzene rings is 1. The topological polar surface area (TPSA) is 38.1 Å². The molecule has 0 saturated carbocycles. The van der Waals surface area contributed by atoms with Gasteiger partial charge in [-0.2, -0.15) is 0 Å². The molecule has 0 spiro atoms. The van der Waals surface area contributed by atoms with E-state index in [4.69, 9.17) is 27.7 Å². The number of rotatable bonds is 4. The molecule has 1 heterocycles. The second-order valence-corrected chi connectivity index (χ2v) is 5.08. The first kappa shape index (κ1) is 14.3. The van der Waals surface area contributed by atoms with E-state index >= 15 is 0 Å². The van der Waals surface area contributed by atoms with Crippen molar-refractivity contribution in [2.75, 3.05) is 0 Å². The van der Waals surface area contributed by atoms with Crippen molar-refractivity contribution in [1.82, 2.24) is 10.5 Å². The van der Waals surface area contributed by atoms with Crippen LogP contribution < -0.4 is 5.32 Å². The summed E-state index contributed by atoms with van der Waals surface area (Å²) in [5, 5.41) is 7.43. The lowest BCUT2D eigenvalue weighted by molar-refractivity contribution is 0.363. The lowest BCUT2D eigenvalue weighted by atomic mass is 10.1. The Bertz CT molecular complexity index is 586. The highest BCUT2D eigenvalue weighted by atomic mass is 35.5. The van der Waals surface area contributed by atoms with Crippen LogP contribution in [0.3, 0.4) is 0 Å². The third kappa shape index (κ3) is 3.26. The molecule has 0 radical (unpaired) electrons. The minimum atomic E-state index is -0.481. The van der Waals surface area contributed by atoms with E-state index in [1.807, 2.05) is 19.9 Å². The molecule has 3 nitrogen and oxygen atoms in total. The lowest BCUT2D eigenvalue weighted by Gasteiger charge is -2.16. The summed E-state index contributed by atoms with van der Waals surface area (Å²) in [6.45, 7) is 4.16. The maximum atomic E-state index is 13.4. The summed E-state index contributed by atoms with van der Waals surface area (Å²) in [5.41, 5.74) is 1.35. The molecule has 102 valence electrons. The molecular weight excluding hydrogens is 290 g/mol. The minimum Gasteiger partial charge on any atom is -0.360 e. The number of nitrogens with zero attached hydrogens (tertiary/aromatic N) is 1. The molecule has 0 fully saturated rings. The molecule has 0 bridgehead atoms. The number of nitrogens with one attached hydrogen (secondary N) is 1. The van der Waals surface area contributed by atoms with E-state index in [0.717, 1.165) is 5.69 Å². The normalized spacial score (nSPS) is 12.7. The lowest BCUT2D eigenvalue weighted by Crippen LogP contribution is -2.18. The minimum absolute atomic E-state index is 0.0428. The molecule has 0 aliphatic carbocycles. The highest BCUT2D eigenvalue weighted by Crippen LogP contribution is 2.32. The second-order valence-electron chi connectivity index (χ2n) is 4.29. The summed E-state index contributed by atoms with van der Waals surface area (Å²) in [6.07, 6.45) is 0. The molecule has 0 aliphatic rings. The Morgan fingerprint density at radius 3 is 2.79 bits per heavy atom. The molecule has 1 atom stereocenters. The van der Waals surface area contributed by atoms with Gasteiger partial charge in [-0.1, -0.05) is 28.4 Å². The zero-order chi connectivity index (χ0) is 14.0. The predicted octanol–water partition coefficient (Wildman–Crippen LogP) is 4.28. The molecule has 1 aromatic carbocycles. The summed E-state index contributed by atoms with van der Waals surface area (Å²) in [4.78, 5) is 0. The first-order chi connectivity index (χ1) is 8.99. The van der Waals surface area contributed by atoms with Gasteiger partial charge >= 0.3 is 0 Å². The van der Waals surface area contributed by atoms with Gasteiger partial charge in [-0.3, -0.25) is 0 Å². The van der Waals surface area contributed by atoms with E-state index < -0.39 is 5.82 Å². The van der Waals surface area contributed by atoms with Crippen molar-refractivity contribution in [1.29, 1.82) is 0 Å². The molecule has 0 aliphatic heterocycles. The smallest absolute Gasteiger partial charge is 0.150 e. The van der Waals surface area contributed by atoms with Gasteiger partial charge in [-0.25, -0.2) is 4.39 Å². The SMILES string of the molecule is Cc1cc(CNC(C)c2c(Cl)ccc(F)c2Cl)on1. The van der Waals surface area contributed by atoms with Crippen LogP contribution in [0.1, 0.15) is 30.0 Å². The Morgan fingerprint density at radius 2 is 2.16 bits per heavy atom. The largest absolute Gasteiger partial charge is 0.360 e. The van der Waals surface area contributed by atoms with E-state index in [1.54, 1.807) is 0 Å². The van der Waals surface area contributed by atoms with Crippen molar-refractivity contribution >= 4 is 23.2 Å². The zero-order valence-corrected chi connectivity index (χ0v) is 12.0. The number of hydrogen-bond acceptors (Lipinski definition) is 3. The van der Waals surface area contributed by atoms with Gasteiger partial charge in [0.05, 0.1) is 17.3 Å². The highest BCUT2D eigenvalue weighted by Gasteiger charge is 2.17. The maximum Gasteiger partial charge on any atom is 0.150 e. The van der Waals surface area contributed by atoms with Crippen molar-refractivity contribution in [3.8, 4) is 0 Å². The van der Waals surface area contributed by atoms with Gasteiger partial charge in [0.15, 0.2) is 5.76 Å². The average molecular weight is 303 g/mol. The number of aromatic nitrogens is 1. The average Bonchev–Trinajstić information content (AvgIpc) is 2.78. The van der Waals surface area contributed by atoms with Crippen LogP contribution in [-0.2, 0) is 6.54 Å². The third-order valence-electron chi connectivity index (χ3n) is 2.77. The van der Waals surface area contributed by atoms with E-state index in [-0.39, 0.29) is 11.1 Å². The second kappa shape index (κ2) is 5.90. The van der Waals surface area contributed by atoms with Crippen molar-refractivity contribution < 1.29 is 8.91 Å². The Morgan fingerprint density at radius 1 is 1.42 bits per heavy atom. The summed E-state index contributed by atoms with van der Waals surface area (Å²) in [6, 6.07) is 4.37. The van der Waals surface area contributed by atoms with Crippen LogP contribution in [0.25, 0.3) is 0 Å². The zero-order valence-electron chi connectivity index (χ0n) is 10.5.